The van der Waals surface area contributed by atoms with Crippen LogP contribution in [0, 0.1) is 5.82 Å². The third-order valence-corrected chi connectivity index (χ3v) is 3.15. The summed E-state index contributed by atoms with van der Waals surface area (Å²) in [5.74, 6) is -0.438. The molecule has 0 saturated heterocycles. The van der Waals surface area contributed by atoms with Crippen LogP contribution >= 0.6 is 15.9 Å². The van der Waals surface area contributed by atoms with Crippen molar-refractivity contribution < 1.29 is 9.50 Å². The predicted molar refractivity (Wildman–Crippen MR) is 65.8 cm³/mol. The van der Waals surface area contributed by atoms with Crippen molar-refractivity contribution in [1.82, 2.24) is 9.78 Å². The van der Waals surface area contributed by atoms with Crippen molar-refractivity contribution in [3.8, 4) is 0 Å². The third-order valence-electron chi connectivity index (χ3n) is 2.54. The van der Waals surface area contributed by atoms with Crippen LogP contribution in [0.3, 0.4) is 0 Å². The zero-order chi connectivity index (χ0) is 12.6. The van der Waals surface area contributed by atoms with Gasteiger partial charge in [0, 0.05) is 18.3 Å². The molecule has 0 aliphatic rings. The molecule has 0 aliphatic heterocycles. The largest absolute Gasteiger partial charge is 0.398 e. The molecule has 90 valence electrons. The Morgan fingerprint density at radius 3 is 2.82 bits per heavy atom. The van der Waals surface area contributed by atoms with Crippen LogP contribution < -0.4 is 5.73 Å². The number of aromatic nitrogens is 2. The van der Waals surface area contributed by atoms with Crippen LogP contribution in [-0.2, 0) is 7.05 Å². The van der Waals surface area contributed by atoms with E-state index >= 15 is 0 Å². The van der Waals surface area contributed by atoms with Gasteiger partial charge in [-0.25, -0.2) is 4.39 Å². The van der Waals surface area contributed by atoms with Crippen molar-refractivity contribution in [3.05, 3.63) is 45.9 Å². The first kappa shape index (κ1) is 12.1. The third kappa shape index (κ3) is 2.18. The van der Waals surface area contributed by atoms with Crippen molar-refractivity contribution in [3.63, 3.8) is 0 Å². The maximum Gasteiger partial charge on any atom is 0.124 e. The highest BCUT2D eigenvalue weighted by molar-refractivity contribution is 9.10. The van der Waals surface area contributed by atoms with Gasteiger partial charge in [-0.2, -0.15) is 5.10 Å². The molecule has 2 aromatic rings. The first-order valence-corrected chi connectivity index (χ1v) is 5.70. The predicted octanol–water partition coefficient (Wildman–Crippen LogP) is 1.99. The molecule has 17 heavy (non-hydrogen) atoms. The molecule has 1 aromatic heterocycles. The lowest BCUT2D eigenvalue weighted by Crippen LogP contribution is -2.09. The number of halogens is 2. The zero-order valence-electron chi connectivity index (χ0n) is 9.06. The van der Waals surface area contributed by atoms with E-state index in [2.05, 4.69) is 21.0 Å². The molecule has 1 atom stereocenters. The van der Waals surface area contributed by atoms with Crippen LogP contribution in [0.25, 0.3) is 0 Å². The molecule has 1 aromatic carbocycles. The summed E-state index contributed by atoms with van der Waals surface area (Å²) in [5, 5.41) is 14.2. The Labute approximate surface area is 106 Å². The van der Waals surface area contributed by atoms with E-state index in [1.807, 2.05) is 0 Å². The summed E-state index contributed by atoms with van der Waals surface area (Å²) in [4.78, 5) is 0. The number of aliphatic hydroxyl groups excluding tert-OH is 1. The van der Waals surface area contributed by atoms with E-state index in [1.54, 1.807) is 13.2 Å². The van der Waals surface area contributed by atoms with E-state index in [4.69, 9.17) is 5.73 Å². The normalized spacial score (nSPS) is 12.7. The average Bonchev–Trinajstić information content (AvgIpc) is 2.61. The smallest absolute Gasteiger partial charge is 0.124 e. The number of aryl methyl sites for hydroxylation is 1. The van der Waals surface area contributed by atoms with Crippen LogP contribution in [0.15, 0.2) is 28.9 Å². The number of aliphatic hydroxyl groups is 1. The van der Waals surface area contributed by atoms with Gasteiger partial charge >= 0.3 is 0 Å². The Balaban J connectivity index is 2.50. The summed E-state index contributed by atoms with van der Waals surface area (Å²) < 4.78 is 15.3. The number of benzene rings is 1. The molecule has 2 rings (SSSR count). The lowest BCUT2D eigenvalue weighted by Gasteiger charge is -2.14. The van der Waals surface area contributed by atoms with Crippen molar-refractivity contribution >= 4 is 21.6 Å². The standard InChI is InChI=1S/C11H11BrFN3O/c1-16-10(8(12)5-15-16)11(17)7-4-6(13)2-3-9(7)14/h2-5,11,17H,14H2,1H3. The monoisotopic (exact) mass is 299 g/mol. The summed E-state index contributed by atoms with van der Waals surface area (Å²) in [5.41, 5.74) is 6.92. The van der Waals surface area contributed by atoms with Crippen LogP contribution in [0.5, 0.6) is 0 Å². The van der Waals surface area contributed by atoms with E-state index in [-0.39, 0.29) is 0 Å². The Hall–Kier alpha value is -1.40. The van der Waals surface area contributed by atoms with Gasteiger partial charge in [-0.15, -0.1) is 0 Å². The highest BCUT2D eigenvalue weighted by atomic mass is 79.9. The van der Waals surface area contributed by atoms with Crippen LogP contribution in [-0.4, -0.2) is 14.9 Å². The lowest BCUT2D eigenvalue weighted by atomic mass is 10.0. The highest BCUT2D eigenvalue weighted by Gasteiger charge is 2.20. The maximum atomic E-state index is 13.1. The van der Waals surface area contributed by atoms with Crippen LogP contribution in [0.2, 0.25) is 0 Å². The maximum absolute atomic E-state index is 13.1. The molecule has 0 fully saturated rings. The minimum atomic E-state index is -1.02. The van der Waals surface area contributed by atoms with Gasteiger partial charge in [-0.3, -0.25) is 4.68 Å². The first-order chi connectivity index (χ1) is 8.00. The fourth-order valence-corrected chi connectivity index (χ4v) is 2.22. The second kappa shape index (κ2) is 4.46. The summed E-state index contributed by atoms with van der Waals surface area (Å²) >= 11 is 3.28. The van der Waals surface area contributed by atoms with Gasteiger partial charge in [0.15, 0.2) is 0 Å². The Morgan fingerprint density at radius 2 is 2.24 bits per heavy atom. The molecule has 0 saturated carbocycles. The van der Waals surface area contributed by atoms with E-state index in [0.29, 0.717) is 21.4 Å². The quantitative estimate of drug-likeness (QED) is 0.834. The molecule has 0 bridgehead atoms. The van der Waals surface area contributed by atoms with Crippen molar-refractivity contribution in [2.24, 2.45) is 7.05 Å². The fourth-order valence-electron chi connectivity index (χ4n) is 1.66. The summed E-state index contributed by atoms with van der Waals surface area (Å²) in [7, 11) is 1.69. The van der Waals surface area contributed by atoms with E-state index in [0.717, 1.165) is 0 Å². The topological polar surface area (TPSA) is 64.1 Å². The Morgan fingerprint density at radius 1 is 1.53 bits per heavy atom. The van der Waals surface area contributed by atoms with E-state index in [1.165, 1.54) is 22.9 Å². The molecule has 0 radical (unpaired) electrons. The van der Waals surface area contributed by atoms with Gasteiger partial charge < -0.3 is 10.8 Å². The van der Waals surface area contributed by atoms with E-state index < -0.39 is 11.9 Å². The average molecular weight is 300 g/mol. The van der Waals surface area contributed by atoms with Crippen molar-refractivity contribution in [2.75, 3.05) is 5.73 Å². The van der Waals surface area contributed by atoms with Crippen molar-refractivity contribution in [2.45, 2.75) is 6.10 Å². The minimum absolute atomic E-state index is 0.328. The van der Waals surface area contributed by atoms with Gasteiger partial charge in [-0.1, -0.05) is 0 Å². The second-order valence-electron chi connectivity index (χ2n) is 3.68. The second-order valence-corrected chi connectivity index (χ2v) is 4.53. The fraction of sp³-hybridized carbons (Fsp3) is 0.182. The van der Waals surface area contributed by atoms with Gasteiger partial charge in [0.25, 0.3) is 0 Å². The lowest BCUT2D eigenvalue weighted by molar-refractivity contribution is 0.209. The summed E-state index contributed by atoms with van der Waals surface area (Å²) in [6.07, 6.45) is 0.543. The number of hydrogen-bond acceptors (Lipinski definition) is 3. The molecule has 0 aliphatic carbocycles. The van der Waals surface area contributed by atoms with Gasteiger partial charge in [0.1, 0.15) is 11.9 Å². The molecule has 0 amide bonds. The summed E-state index contributed by atoms with van der Waals surface area (Å²) in [6, 6.07) is 3.90. The number of nitrogen functional groups attached to an aromatic ring is 1. The molecule has 1 unspecified atom stereocenters. The molecule has 3 N–H and O–H groups in total. The Kier molecular flexibility index (Phi) is 3.17. The van der Waals surface area contributed by atoms with Crippen molar-refractivity contribution in [1.29, 1.82) is 0 Å². The Bertz CT molecular complexity index is 536. The zero-order valence-corrected chi connectivity index (χ0v) is 10.6. The highest BCUT2D eigenvalue weighted by Crippen LogP contribution is 2.31. The molecular formula is C11H11BrFN3O. The molecule has 0 spiro atoms. The molecule has 4 nitrogen and oxygen atoms in total. The van der Waals surface area contributed by atoms with Crippen LogP contribution in [0.4, 0.5) is 10.1 Å². The van der Waals surface area contributed by atoms with Crippen LogP contribution in [0.1, 0.15) is 17.4 Å². The van der Waals surface area contributed by atoms with Gasteiger partial charge in [0.2, 0.25) is 0 Å². The number of rotatable bonds is 2. The SMILES string of the molecule is Cn1ncc(Br)c1C(O)c1cc(F)ccc1N. The number of nitrogens with zero attached hydrogens (tertiary/aromatic N) is 2. The van der Waals surface area contributed by atoms with E-state index in [9.17, 15) is 9.50 Å². The molecule has 6 heteroatoms. The van der Waals surface area contributed by atoms with Gasteiger partial charge in [-0.05, 0) is 34.1 Å². The first-order valence-electron chi connectivity index (χ1n) is 4.91. The number of hydrogen-bond donors (Lipinski definition) is 2. The summed E-state index contributed by atoms with van der Waals surface area (Å²) in [6.45, 7) is 0. The molecule has 1 heterocycles. The number of nitrogens with two attached hydrogens (primary N) is 1. The number of anilines is 1. The minimum Gasteiger partial charge on any atom is -0.398 e. The molecular weight excluding hydrogens is 289 g/mol. The van der Waals surface area contributed by atoms with Gasteiger partial charge in [0.05, 0.1) is 16.4 Å².